The number of hydrogen-bond donors (Lipinski definition) is 1. The molecular formula is C13H17F3N2. The number of hydrogen-bond acceptors (Lipinski definition) is 2. The van der Waals surface area contributed by atoms with Crippen LogP contribution in [0.15, 0.2) is 12.1 Å². The van der Waals surface area contributed by atoms with E-state index in [1.807, 2.05) is 13.8 Å². The van der Waals surface area contributed by atoms with Crippen LogP contribution in [0.2, 0.25) is 0 Å². The molecular weight excluding hydrogens is 241 g/mol. The predicted molar refractivity (Wildman–Crippen MR) is 63.5 cm³/mol. The highest BCUT2D eigenvalue weighted by Gasteiger charge is 2.35. The van der Waals surface area contributed by atoms with E-state index < -0.39 is 17.5 Å². The molecule has 2 N–H and O–H groups in total. The van der Waals surface area contributed by atoms with E-state index in [0.717, 1.165) is 25.1 Å². The molecule has 0 aromatic heterocycles. The van der Waals surface area contributed by atoms with Crippen LogP contribution in [0.1, 0.15) is 31.9 Å². The van der Waals surface area contributed by atoms with E-state index in [2.05, 4.69) is 4.90 Å². The molecule has 1 heterocycles. The molecule has 2 atom stereocenters. The van der Waals surface area contributed by atoms with Gasteiger partial charge < -0.3 is 5.73 Å². The topological polar surface area (TPSA) is 29.3 Å². The third-order valence-corrected chi connectivity index (χ3v) is 3.49. The smallest absolute Gasteiger partial charge is 0.194 e. The maximum atomic E-state index is 13.3. The molecule has 1 aliphatic heterocycles. The zero-order chi connectivity index (χ0) is 13.4. The summed E-state index contributed by atoms with van der Waals surface area (Å²) in [6, 6.07) is 1.87. The van der Waals surface area contributed by atoms with Crippen LogP contribution in [0.25, 0.3) is 0 Å². The minimum Gasteiger partial charge on any atom is -0.326 e. The van der Waals surface area contributed by atoms with Crippen molar-refractivity contribution in [3.63, 3.8) is 0 Å². The van der Waals surface area contributed by atoms with Crippen molar-refractivity contribution in [2.24, 2.45) is 5.73 Å². The molecule has 0 spiro atoms. The van der Waals surface area contributed by atoms with Crippen LogP contribution in [0.3, 0.4) is 0 Å². The lowest BCUT2D eigenvalue weighted by Gasteiger charge is -2.30. The summed E-state index contributed by atoms with van der Waals surface area (Å²) in [6.45, 7) is 4.78. The minimum atomic E-state index is -1.43. The summed E-state index contributed by atoms with van der Waals surface area (Å²) in [5.74, 6) is -3.75. The summed E-state index contributed by atoms with van der Waals surface area (Å²) in [4.78, 5) is 2.08. The molecule has 5 heteroatoms. The van der Waals surface area contributed by atoms with Gasteiger partial charge in [-0.1, -0.05) is 0 Å². The Kier molecular flexibility index (Phi) is 3.64. The van der Waals surface area contributed by atoms with Gasteiger partial charge in [0.15, 0.2) is 17.5 Å². The van der Waals surface area contributed by atoms with Gasteiger partial charge in [0.05, 0.1) is 6.04 Å². The molecule has 1 fully saturated rings. The van der Waals surface area contributed by atoms with E-state index in [-0.39, 0.29) is 18.1 Å². The van der Waals surface area contributed by atoms with E-state index in [4.69, 9.17) is 5.73 Å². The van der Waals surface area contributed by atoms with Gasteiger partial charge in [0.25, 0.3) is 0 Å². The predicted octanol–water partition coefficient (Wildman–Crippen LogP) is 2.59. The number of halogens is 3. The van der Waals surface area contributed by atoms with Crippen LogP contribution in [0.5, 0.6) is 0 Å². The molecule has 0 aliphatic carbocycles. The summed E-state index contributed by atoms with van der Waals surface area (Å²) in [6.07, 6.45) is 0.767. The maximum absolute atomic E-state index is 13.3. The second kappa shape index (κ2) is 4.90. The van der Waals surface area contributed by atoms with E-state index in [1.54, 1.807) is 0 Å². The van der Waals surface area contributed by atoms with Crippen LogP contribution in [0.4, 0.5) is 13.2 Å². The average molecular weight is 258 g/mol. The summed E-state index contributed by atoms with van der Waals surface area (Å²) < 4.78 is 39.5. The Morgan fingerprint density at radius 2 is 1.78 bits per heavy atom. The average Bonchev–Trinajstić information content (AvgIpc) is 2.67. The first-order valence-electron chi connectivity index (χ1n) is 6.07. The number of rotatable bonds is 2. The molecule has 2 nitrogen and oxygen atoms in total. The molecule has 1 aromatic carbocycles. The SMILES string of the molecule is CC(C)N1CCC(N)C1c1cc(F)c(F)c(F)c1. The van der Waals surface area contributed by atoms with Crippen LogP contribution >= 0.6 is 0 Å². The van der Waals surface area contributed by atoms with Crippen molar-refractivity contribution in [2.75, 3.05) is 6.54 Å². The molecule has 0 radical (unpaired) electrons. The van der Waals surface area contributed by atoms with Crippen molar-refractivity contribution in [3.05, 3.63) is 35.1 Å². The Morgan fingerprint density at radius 1 is 1.22 bits per heavy atom. The number of benzene rings is 1. The van der Waals surface area contributed by atoms with Crippen molar-refractivity contribution in [2.45, 2.75) is 38.4 Å². The fourth-order valence-electron chi connectivity index (χ4n) is 2.60. The normalized spacial score (nSPS) is 25.1. The number of likely N-dealkylation sites (tertiary alicyclic amines) is 1. The lowest BCUT2D eigenvalue weighted by molar-refractivity contribution is 0.197. The second-order valence-electron chi connectivity index (χ2n) is 5.03. The van der Waals surface area contributed by atoms with E-state index in [9.17, 15) is 13.2 Å². The highest BCUT2D eigenvalue weighted by Crippen LogP contribution is 2.33. The first-order valence-corrected chi connectivity index (χ1v) is 6.07. The van der Waals surface area contributed by atoms with Gasteiger partial charge in [-0.25, -0.2) is 13.2 Å². The van der Waals surface area contributed by atoms with Gasteiger partial charge in [0.2, 0.25) is 0 Å². The van der Waals surface area contributed by atoms with Gasteiger partial charge in [0, 0.05) is 18.6 Å². The van der Waals surface area contributed by atoms with Gasteiger partial charge in [-0.2, -0.15) is 0 Å². The lowest BCUT2D eigenvalue weighted by Crippen LogP contribution is -2.36. The standard InChI is InChI=1S/C13H17F3N2/c1-7(2)18-4-3-11(17)13(18)8-5-9(14)12(16)10(15)6-8/h5-7,11,13H,3-4,17H2,1-2H3. The molecule has 2 rings (SSSR count). The lowest BCUT2D eigenvalue weighted by atomic mass is 9.99. The van der Waals surface area contributed by atoms with E-state index >= 15 is 0 Å². The van der Waals surface area contributed by atoms with Gasteiger partial charge in [-0.15, -0.1) is 0 Å². The number of nitrogens with zero attached hydrogens (tertiary/aromatic N) is 1. The third-order valence-electron chi connectivity index (χ3n) is 3.49. The Hall–Kier alpha value is -1.07. The molecule has 100 valence electrons. The third kappa shape index (κ3) is 2.24. The van der Waals surface area contributed by atoms with Gasteiger partial charge in [0.1, 0.15) is 0 Å². The van der Waals surface area contributed by atoms with Crippen molar-refractivity contribution in [1.82, 2.24) is 4.90 Å². The monoisotopic (exact) mass is 258 g/mol. The molecule has 0 bridgehead atoms. The Morgan fingerprint density at radius 3 is 2.28 bits per heavy atom. The number of nitrogens with two attached hydrogens (primary N) is 1. The first-order chi connectivity index (χ1) is 8.41. The molecule has 1 saturated heterocycles. The summed E-state index contributed by atoms with van der Waals surface area (Å²) in [5, 5.41) is 0. The summed E-state index contributed by atoms with van der Waals surface area (Å²) >= 11 is 0. The highest BCUT2D eigenvalue weighted by molar-refractivity contribution is 5.25. The quantitative estimate of drug-likeness (QED) is 0.826. The molecule has 18 heavy (non-hydrogen) atoms. The van der Waals surface area contributed by atoms with Crippen LogP contribution in [-0.4, -0.2) is 23.5 Å². The molecule has 2 unspecified atom stereocenters. The van der Waals surface area contributed by atoms with Crippen molar-refractivity contribution >= 4 is 0 Å². The fourth-order valence-corrected chi connectivity index (χ4v) is 2.60. The summed E-state index contributed by atoms with van der Waals surface area (Å²) in [7, 11) is 0. The molecule has 1 aromatic rings. The molecule has 1 aliphatic rings. The van der Waals surface area contributed by atoms with Crippen molar-refractivity contribution < 1.29 is 13.2 Å². The van der Waals surface area contributed by atoms with E-state index in [1.165, 1.54) is 0 Å². The fraction of sp³-hybridized carbons (Fsp3) is 0.538. The van der Waals surface area contributed by atoms with Crippen LogP contribution in [0, 0.1) is 17.5 Å². The Bertz CT molecular complexity index is 425. The van der Waals surface area contributed by atoms with Crippen molar-refractivity contribution in [3.8, 4) is 0 Å². The minimum absolute atomic E-state index is 0.184. The van der Waals surface area contributed by atoms with Crippen LogP contribution in [-0.2, 0) is 0 Å². The van der Waals surface area contributed by atoms with Gasteiger partial charge in [-0.3, -0.25) is 4.90 Å². The molecule has 0 amide bonds. The van der Waals surface area contributed by atoms with Gasteiger partial charge >= 0.3 is 0 Å². The highest BCUT2D eigenvalue weighted by atomic mass is 19.2. The zero-order valence-corrected chi connectivity index (χ0v) is 10.5. The van der Waals surface area contributed by atoms with Gasteiger partial charge in [-0.05, 0) is 38.0 Å². The second-order valence-corrected chi connectivity index (χ2v) is 5.03. The molecule has 0 saturated carbocycles. The van der Waals surface area contributed by atoms with E-state index in [0.29, 0.717) is 5.56 Å². The zero-order valence-electron chi connectivity index (χ0n) is 10.5. The summed E-state index contributed by atoms with van der Waals surface area (Å²) in [5.41, 5.74) is 6.40. The van der Waals surface area contributed by atoms with Crippen molar-refractivity contribution in [1.29, 1.82) is 0 Å². The maximum Gasteiger partial charge on any atom is 0.194 e. The van der Waals surface area contributed by atoms with Crippen LogP contribution < -0.4 is 5.73 Å². The first kappa shape index (κ1) is 13.4. The Balaban J connectivity index is 2.40. The Labute approximate surface area is 105 Å². The largest absolute Gasteiger partial charge is 0.326 e.